The van der Waals surface area contributed by atoms with Gasteiger partial charge in [-0.25, -0.2) is 0 Å². The van der Waals surface area contributed by atoms with E-state index in [1.165, 1.54) is 5.39 Å². The van der Waals surface area contributed by atoms with Gasteiger partial charge in [0.15, 0.2) is 0 Å². The molecule has 3 N–H and O–H groups in total. The van der Waals surface area contributed by atoms with Gasteiger partial charge in [0.25, 0.3) is 0 Å². The molecule has 0 radical (unpaired) electrons. The van der Waals surface area contributed by atoms with Gasteiger partial charge in [-0.3, -0.25) is 0 Å². The molecule has 1 heterocycles. The van der Waals surface area contributed by atoms with Crippen molar-refractivity contribution < 1.29 is 9.84 Å². The molecule has 0 atom stereocenters. The Morgan fingerprint density at radius 1 is 1.25 bits per heavy atom. The second kappa shape index (κ2) is 5.01. The first-order chi connectivity index (χ1) is 7.81. The molecular formula is C12H16N2O2. The van der Waals surface area contributed by atoms with E-state index in [2.05, 4.69) is 10.6 Å². The van der Waals surface area contributed by atoms with Crippen LogP contribution >= 0.6 is 0 Å². The molecule has 2 aromatic rings. The van der Waals surface area contributed by atoms with Gasteiger partial charge >= 0.3 is 0 Å². The topological polar surface area (TPSA) is 60.4 Å². The zero-order chi connectivity index (χ0) is 11.4. The molecule has 0 aliphatic rings. The molecule has 0 aliphatic heterocycles. The summed E-state index contributed by atoms with van der Waals surface area (Å²) in [5.41, 5.74) is 7.64. The maximum absolute atomic E-state index is 8.58. The van der Waals surface area contributed by atoms with Gasteiger partial charge in [-0.15, -0.1) is 0 Å². The van der Waals surface area contributed by atoms with Crippen LogP contribution in [0.25, 0.3) is 10.9 Å². The number of fused-ring (bicyclic) bond motifs is 1. The summed E-state index contributed by atoms with van der Waals surface area (Å²) >= 11 is 0. The van der Waals surface area contributed by atoms with Gasteiger partial charge < -0.3 is 20.1 Å². The zero-order valence-electron chi connectivity index (χ0n) is 9.10. The highest BCUT2D eigenvalue weighted by Crippen LogP contribution is 2.18. The molecule has 16 heavy (non-hydrogen) atoms. The van der Waals surface area contributed by atoms with Crippen LogP contribution < -0.4 is 5.73 Å². The van der Waals surface area contributed by atoms with Crippen LogP contribution in [0.15, 0.2) is 30.5 Å². The van der Waals surface area contributed by atoms with Crippen molar-refractivity contribution in [1.82, 2.24) is 4.57 Å². The van der Waals surface area contributed by atoms with Crippen LogP contribution in [0.1, 0.15) is 0 Å². The van der Waals surface area contributed by atoms with Crippen LogP contribution in [0.4, 0.5) is 5.69 Å². The molecule has 4 heteroatoms. The molecule has 2 rings (SSSR count). The molecule has 1 aromatic heterocycles. The van der Waals surface area contributed by atoms with E-state index in [4.69, 9.17) is 15.6 Å². The van der Waals surface area contributed by atoms with E-state index >= 15 is 0 Å². The van der Waals surface area contributed by atoms with Crippen molar-refractivity contribution in [3.63, 3.8) is 0 Å². The fourth-order valence-electron chi connectivity index (χ4n) is 1.73. The lowest BCUT2D eigenvalue weighted by atomic mass is 10.2. The predicted molar refractivity (Wildman–Crippen MR) is 64.3 cm³/mol. The highest BCUT2D eigenvalue weighted by molar-refractivity contribution is 5.83. The summed E-state index contributed by atoms with van der Waals surface area (Å²) in [4.78, 5) is 0. The van der Waals surface area contributed by atoms with Crippen LogP contribution in [0.3, 0.4) is 0 Å². The van der Waals surface area contributed by atoms with Crippen molar-refractivity contribution >= 4 is 16.6 Å². The number of hydrogen-bond acceptors (Lipinski definition) is 3. The van der Waals surface area contributed by atoms with Crippen molar-refractivity contribution in [3.05, 3.63) is 30.5 Å². The number of rotatable bonds is 5. The lowest BCUT2D eigenvalue weighted by molar-refractivity contribution is 0.0875. The first-order valence-corrected chi connectivity index (χ1v) is 5.34. The van der Waals surface area contributed by atoms with Gasteiger partial charge in [-0.1, -0.05) is 6.07 Å². The largest absolute Gasteiger partial charge is 0.399 e. The number of aliphatic hydroxyl groups excluding tert-OH is 1. The summed E-state index contributed by atoms with van der Waals surface area (Å²) in [7, 11) is 0. The molecule has 0 fully saturated rings. The summed E-state index contributed by atoms with van der Waals surface area (Å²) in [6.45, 7) is 1.83. The number of hydrogen-bond donors (Lipinski definition) is 2. The summed E-state index contributed by atoms with van der Waals surface area (Å²) in [6, 6.07) is 7.92. The van der Waals surface area contributed by atoms with Gasteiger partial charge in [-0.05, 0) is 23.6 Å². The summed E-state index contributed by atoms with van der Waals surface area (Å²) in [5.74, 6) is 0. The lowest BCUT2D eigenvalue weighted by Crippen LogP contribution is -2.07. The Morgan fingerprint density at radius 3 is 2.94 bits per heavy atom. The third kappa shape index (κ3) is 2.35. The van der Waals surface area contributed by atoms with Crippen LogP contribution in [-0.4, -0.2) is 29.5 Å². The van der Waals surface area contributed by atoms with E-state index in [1.807, 2.05) is 24.4 Å². The van der Waals surface area contributed by atoms with Crippen LogP contribution in [-0.2, 0) is 11.3 Å². The summed E-state index contributed by atoms with van der Waals surface area (Å²) in [5, 5.41) is 9.76. The number of nitrogens with two attached hydrogens (primary N) is 1. The molecule has 0 spiro atoms. The number of aliphatic hydroxyl groups is 1. The van der Waals surface area contributed by atoms with E-state index in [9.17, 15) is 0 Å². The smallest absolute Gasteiger partial charge is 0.0698 e. The molecule has 0 aliphatic carbocycles. The third-order valence-electron chi connectivity index (χ3n) is 2.51. The Hall–Kier alpha value is -1.52. The molecule has 0 saturated carbocycles. The van der Waals surface area contributed by atoms with Crippen molar-refractivity contribution in [2.24, 2.45) is 0 Å². The van der Waals surface area contributed by atoms with E-state index in [0.717, 1.165) is 17.7 Å². The molecule has 1 aromatic carbocycles. The quantitative estimate of drug-likeness (QED) is 0.588. The van der Waals surface area contributed by atoms with Crippen LogP contribution in [0, 0.1) is 0 Å². The predicted octanol–water partition coefficient (Wildman–Crippen LogP) is 1.23. The molecular weight excluding hydrogens is 204 g/mol. The van der Waals surface area contributed by atoms with Crippen molar-refractivity contribution in [2.45, 2.75) is 6.54 Å². The number of aromatic nitrogens is 1. The van der Waals surface area contributed by atoms with Crippen molar-refractivity contribution in [1.29, 1.82) is 0 Å². The first kappa shape index (κ1) is 11.0. The number of nitrogen functional groups attached to an aromatic ring is 1. The standard InChI is InChI=1S/C12H16N2O2/c13-11-2-1-10-3-4-14(12(10)9-11)5-7-16-8-6-15/h1-4,9,15H,5-8,13H2. The van der Waals surface area contributed by atoms with Crippen molar-refractivity contribution in [3.8, 4) is 0 Å². The number of anilines is 1. The average Bonchev–Trinajstić information content (AvgIpc) is 2.67. The van der Waals surface area contributed by atoms with E-state index < -0.39 is 0 Å². The SMILES string of the molecule is Nc1ccc2ccn(CCOCCO)c2c1. The Morgan fingerprint density at radius 2 is 2.12 bits per heavy atom. The van der Waals surface area contributed by atoms with E-state index in [1.54, 1.807) is 0 Å². The lowest BCUT2D eigenvalue weighted by Gasteiger charge is -2.06. The fourth-order valence-corrected chi connectivity index (χ4v) is 1.73. The second-order valence-corrected chi connectivity index (χ2v) is 3.66. The average molecular weight is 220 g/mol. The maximum atomic E-state index is 8.58. The Kier molecular flexibility index (Phi) is 3.44. The molecule has 86 valence electrons. The molecule has 0 bridgehead atoms. The first-order valence-electron chi connectivity index (χ1n) is 5.34. The maximum Gasteiger partial charge on any atom is 0.0698 e. The number of benzene rings is 1. The molecule has 4 nitrogen and oxygen atoms in total. The van der Waals surface area contributed by atoms with Gasteiger partial charge in [0.2, 0.25) is 0 Å². The number of nitrogens with zero attached hydrogens (tertiary/aromatic N) is 1. The van der Waals surface area contributed by atoms with E-state index in [0.29, 0.717) is 13.2 Å². The Bertz CT molecular complexity index is 465. The van der Waals surface area contributed by atoms with Crippen LogP contribution in [0.2, 0.25) is 0 Å². The van der Waals surface area contributed by atoms with Gasteiger partial charge in [0.1, 0.15) is 0 Å². The third-order valence-corrected chi connectivity index (χ3v) is 2.51. The normalized spacial score (nSPS) is 11.1. The second-order valence-electron chi connectivity index (χ2n) is 3.66. The van der Waals surface area contributed by atoms with Crippen molar-refractivity contribution in [2.75, 3.05) is 25.6 Å². The minimum Gasteiger partial charge on any atom is -0.399 e. The molecule has 0 unspecified atom stereocenters. The van der Waals surface area contributed by atoms with Crippen LogP contribution in [0.5, 0.6) is 0 Å². The Labute approximate surface area is 94.2 Å². The molecule has 0 saturated heterocycles. The number of ether oxygens (including phenoxy) is 1. The van der Waals surface area contributed by atoms with E-state index in [-0.39, 0.29) is 6.61 Å². The van der Waals surface area contributed by atoms with Gasteiger partial charge in [-0.2, -0.15) is 0 Å². The Balaban J connectivity index is 2.09. The highest BCUT2D eigenvalue weighted by Gasteiger charge is 2.00. The minimum atomic E-state index is 0.0688. The molecule has 0 amide bonds. The summed E-state index contributed by atoms with van der Waals surface area (Å²) in [6.07, 6.45) is 2.02. The zero-order valence-corrected chi connectivity index (χ0v) is 9.10. The van der Waals surface area contributed by atoms with Gasteiger partial charge in [0.05, 0.1) is 25.3 Å². The summed E-state index contributed by atoms with van der Waals surface area (Å²) < 4.78 is 7.33. The minimum absolute atomic E-state index is 0.0688. The van der Waals surface area contributed by atoms with Gasteiger partial charge in [0, 0.05) is 18.4 Å². The fraction of sp³-hybridized carbons (Fsp3) is 0.333. The monoisotopic (exact) mass is 220 g/mol. The highest BCUT2D eigenvalue weighted by atomic mass is 16.5.